The van der Waals surface area contributed by atoms with Crippen LogP contribution in [0.5, 0.6) is 0 Å². The van der Waals surface area contributed by atoms with Crippen LogP contribution in [0.1, 0.15) is 10.4 Å². The summed E-state index contributed by atoms with van der Waals surface area (Å²) in [4.78, 5) is 20.8. The molecule has 1 fully saturated rings. The fourth-order valence-electron chi connectivity index (χ4n) is 2.75. The van der Waals surface area contributed by atoms with Crippen LogP contribution in [-0.4, -0.2) is 67.7 Å². The summed E-state index contributed by atoms with van der Waals surface area (Å²) in [5.41, 5.74) is 1.13. The maximum Gasteiger partial charge on any atom is 0.254 e. The van der Waals surface area contributed by atoms with E-state index >= 15 is 0 Å². The van der Waals surface area contributed by atoms with E-state index in [0.29, 0.717) is 11.5 Å². The van der Waals surface area contributed by atoms with Gasteiger partial charge in [0.1, 0.15) is 0 Å². The van der Waals surface area contributed by atoms with Crippen LogP contribution in [0.15, 0.2) is 42.7 Å². The van der Waals surface area contributed by atoms with Crippen LogP contribution in [0.4, 0.5) is 11.6 Å². The van der Waals surface area contributed by atoms with Gasteiger partial charge in [0.05, 0.1) is 30.6 Å². The zero-order valence-electron chi connectivity index (χ0n) is 15.7. The molecule has 1 aliphatic heterocycles. The third-order valence-electron chi connectivity index (χ3n) is 4.44. The van der Waals surface area contributed by atoms with Crippen LogP contribution < -0.4 is 10.6 Å². The van der Waals surface area contributed by atoms with Gasteiger partial charge in [-0.05, 0) is 12.1 Å². The van der Waals surface area contributed by atoms with Gasteiger partial charge in [-0.2, -0.15) is 0 Å². The monoisotopic (exact) mass is 405 g/mol. The summed E-state index contributed by atoms with van der Waals surface area (Å²) in [7, 11) is -0.407. The molecule has 1 aromatic heterocycles. The van der Waals surface area contributed by atoms with E-state index in [1.165, 1.54) is 30.8 Å². The largest absolute Gasteiger partial charge is 0.379 e. The summed E-state index contributed by atoms with van der Waals surface area (Å²) in [5.74, 6) is -0.381. The number of hydrogen-bond donors (Lipinski definition) is 2. The fraction of sp³-hybridized carbons (Fsp3) is 0.389. The van der Waals surface area contributed by atoms with Crippen molar-refractivity contribution in [1.29, 1.82) is 0 Å². The molecule has 0 aliphatic carbocycles. The second-order valence-electron chi connectivity index (χ2n) is 6.72. The zero-order chi connectivity index (χ0) is 20.1. The summed E-state index contributed by atoms with van der Waals surface area (Å²) in [5, 5.41) is 5.87. The highest BCUT2D eigenvalue weighted by Gasteiger charge is 2.34. The highest BCUT2D eigenvalue weighted by atomic mass is 32.2. The van der Waals surface area contributed by atoms with Crippen molar-refractivity contribution in [3.05, 3.63) is 48.3 Å². The van der Waals surface area contributed by atoms with E-state index in [2.05, 4.69) is 20.6 Å². The minimum absolute atomic E-state index is 0.0820. The number of carbonyl (C=O) groups is 1. The molecule has 0 spiro atoms. The number of benzene rings is 1. The van der Waals surface area contributed by atoms with Crippen molar-refractivity contribution < 1.29 is 17.9 Å². The number of nitrogens with one attached hydrogen (secondary N) is 2. The molecule has 2 N–H and O–H groups in total. The molecule has 3 rings (SSSR count). The van der Waals surface area contributed by atoms with Crippen LogP contribution in [0.25, 0.3) is 0 Å². The number of sulfonamides is 1. The lowest BCUT2D eigenvalue weighted by Gasteiger charge is -2.21. The molecule has 2 heterocycles. The van der Waals surface area contributed by atoms with Crippen LogP contribution in [0, 0.1) is 5.92 Å². The molecule has 1 amide bonds. The molecule has 1 aromatic carbocycles. The molecular weight excluding hydrogens is 382 g/mol. The third kappa shape index (κ3) is 5.03. The van der Waals surface area contributed by atoms with Gasteiger partial charge in [0.25, 0.3) is 5.91 Å². The number of para-hydroxylation sites is 1. The molecule has 1 saturated heterocycles. The molecule has 28 heavy (non-hydrogen) atoms. The average molecular weight is 405 g/mol. The van der Waals surface area contributed by atoms with E-state index in [0.717, 1.165) is 5.69 Å². The highest BCUT2D eigenvalue weighted by molar-refractivity contribution is 7.89. The molecule has 0 saturated carbocycles. The number of aromatic nitrogens is 2. The number of amides is 1. The smallest absolute Gasteiger partial charge is 0.254 e. The first-order valence-electron chi connectivity index (χ1n) is 8.78. The van der Waals surface area contributed by atoms with Crippen LogP contribution in [-0.2, 0) is 14.8 Å². The van der Waals surface area contributed by atoms with Crippen molar-refractivity contribution in [1.82, 2.24) is 19.6 Å². The van der Waals surface area contributed by atoms with Crippen LogP contribution in [0.2, 0.25) is 0 Å². The van der Waals surface area contributed by atoms with Crippen molar-refractivity contribution in [3.8, 4) is 0 Å². The lowest BCUT2D eigenvalue weighted by molar-refractivity contribution is 0.0925. The summed E-state index contributed by atoms with van der Waals surface area (Å²) in [6.45, 7) is 0.558. The quantitative estimate of drug-likeness (QED) is 0.702. The van der Waals surface area contributed by atoms with E-state index in [4.69, 9.17) is 4.74 Å². The van der Waals surface area contributed by atoms with Gasteiger partial charge in [-0.25, -0.2) is 22.7 Å². The van der Waals surface area contributed by atoms with Gasteiger partial charge >= 0.3 is 0 Å². The van der Waals surface area contributed by atoms with Crippen LogP contribution >= 0.6 is 0 Å². The summed E-state index contributed by atoms with van der Waals surface area (Å²) in [6, 6.07) is 9.06. The summed E-state index contributed by atoms with van der Waals surface area (Å²) < 4.78 is 30.8. The SMILES string of the molecule is CN(C)S(=O)(=O)C[C@@H]1COC[C@@H]1NC(=O)c1cnc(Nc2ccccc2)nc1. The van der Waals surface area contributed by atoms with Gasteiger partial charge in [-0.3, -0.25) is 4.79 Å². The van der Waals surface area contributed by atoms with Crippen molar-refractivity contribution in [2.75, 3.05) is 38.4 Å². The molecule has 150 valence electrons. The minimum Gasteiger partial charge on any atom is -0.379 e. The van der Waals surface area contributed by atoms with Crippen molar-refractivity contribution >= 4 is 27.6 Å². The summed E-state index contributed by atoms with van der Waals surface area (Å²) in [6.07, 6.45) is 2.85. The van der Waals surface area contributed by atoms with E-state index in [9.17, 15) is 13.2 Å². The Hall–Kier alpha value is -2.56. The van der Waals surface area contributed by atoms with E-state index in [-0.39, 0.29) is 36.8 Å². The Morgan fingerprint density at radius 1 is 1.18 bits per heavy atom. The topological polar surface area (TPSA) is 114 Å². The van der Waals surface area contributed by atoms with Gasteiger partial charge < -0.3 is 15.4 Å². The first-order valence-corrected chi connectivity index (χ1v) is 10.4. The first-order chi connectivity index (χ1) is 13.3. The molecule has 0 radical (unpaired) electrons. The first kappa shape index (κ1) is 20.2. The second kappa shape index (κ2) is 8.63. The number of nitrogens with zero attached hydrogens (tertiary/aromatic N) is 3. The Morgan fingerprint density at radius 2 is 1.86 bits per heavy atom. The molecule has 1 aliphatic rings. The van der Waals surface area contributed by atoms with Gasteiger partial charge in [0.2, 0.25) is 16.0 Å². The van der Waals surface area contributed by atoms with Gasteiger partial charge in [-0.1, -0.05) is 18.2 Å². The Balaban J connectivity index is 1.61. The van der Waals surface area contributed by atoms with E-state index in [1.54, 1.807) is 0 Å². The molecular formula is C18H23N5O4S. The zero-order valence-corrected chi connectivity index (χ0v) is 16.5. The predicted molar refractivity (Wildman–Crippen MR) is 105 cm³/mol. The molecule has 2 aromatic rings. The molecule has 0 bridgehead atoms. The third-order valence-corrected chi connectivity index (χ3v) is 6.40. The van der Waals surface area contributed by atoms with Gasteiger partial charge in [0.15, 0.2) is 0 Å². The molecule has 0 unspecified atom stereocenters. The second-order valence-corrected chi connectivity index (χ2v) is 8.95. The van der Waals surface area contributed by atoms with Crippen LogP contribution in [0.3, 0.4) is 0 Å². The minimum atomic E-state index is -3.38. The Labute approximate surface area is 164 Å². The Bertz CT molecular complexity index is 903. The Kier molecular flexibility index (Phi) is 6.22. The van der Waals surface area contributed by atoms with Crippen molar-refractivity contribution in [3.63, 3.8) is 0 Å². The highest BCUT2D eigenvalue weighted by Crippen LogP contribution is 2.18. The van der Waals surface area contributed by atoms with Crippen molar-refractivity contribution in [2.24, 2.45) is 5.92 Å². The maximum atomic E-state index is 12.5. The van der Waals surface area contributed by atoms with Crippen molar-refractivity contribution in [2.45, 2.75) is 6.04 Å². The molecule has 10 heteroatoms. The number of hydrogen-bond acceptors (Lipinski definition) is 7. The average Bonchev–Trinajstić information content (AvgIpc) is 3.09. The fourth-order valence-corrected chi connectivity index (χ4v) is 3.92. The van der Waals surface area contributed by atoms with E-state index in [1.807, 2.05) is 30.3 Å². The van der Waals surface area contributed by atoms with Gasteiger partial charge in [-0.15, -0.1) is 0 Å². The number of carbonyl (C=O) groups excluding carboxylic acids is 1. The molecule has 9 nitrogen and oxygen atoms in total. The maximum absolute atomic E-state index is 12.5. The standard InChI is InChI=1S/C18H23N5O4S/c1-23(2)28(25,26)12-14-10-27-11-16(14)22-17(24)13-8-19-18(20-9-13)21-15-6-4-3-5-7-15/h3-9,14,16H,10-12H2,1-2H3,(H,22,24)(H,19,20,21)/t14-,16-/m0/s1. The number of ether oxygens (including phenoxy) is 1. The normalized spacial score (nSPS) is 19.5. The van der Waals surface area contributed by atoms with E-state index < -0.39 is 10.0 Å². The number of anilines is 2. The molecule has 2 atom stereocenters. The predicted octanol–water partition coefficient (Wildman–Crippen LogP) is 0.856. The Morgan fingerprint density at radius 3 is 2.50 bits per heavy atom. The lowest BCUT2D eigenvalue weighted by atomic mass is 10.1. The number of rotatable bonds is 7. The van der Waals surface area contributed by atoms with Gasteiger partial charge in [0, 0.05) is 38.1 Å². The summed E-state index contributed by atoms with van der Waals surface area (Å²) >= 11 is 0. The lowest BCUT2D eigenvalue weighted by Crippen LogP contribution is -2.43.